The maximum absolute atomic E-state index is 11.5. The molecule has 21 heavy (non-hydrogen) atoms. The lowest BCUT2D eigenvalue weighted by Crippen LogP contribution is -2.36. The molecule has 0 aromatic heterocycles. The molecule has 1 amide bonds. The van der Waals surface area contributed by atoms with Crippen molar-refractivity contribution in [3.8, 4) is 0 Å². The maximum atomic E-state index is 11.5. The number of hydrogen-bond donors (Lipinski definition) is 2. The molecule has 5 heteroatoms. The van der Waals surface area contributed by atoms with Gasteiger partial charge < -0.3 is 15.4 Å². The van der Waals surface area contributed by atoms with E-state index >= 15 is 0 Å². The fourth-order valence-corrected chi connectivity index (χ4v) is 3.48. The average molecular weight is 309 g/mol. The fraction of sp³-hybridized carbons (Fsp3) is 0.562. The lowest BCUT2D eigenvalue weighted by molar-refractivity contribution is -0.115. The van der Waals surface area contributed by atoms with Crippen molar-refractivity contribution in [2.75, 3.05) is 18.5 Å². The van der Waals surface area contributed by atoms with Gasteiger partial charge in [-0.2, -0.15) is 0 Å². The third kappa shape index (κ3) is 3.07. The van der Waals surface area contributed by atoms with Gasteiger partial charge in [0.05, 0.1) is 18.6 Å². The summed E-state index contributed by atoms with van der Waals surface area (Å²) in [4.78, 5) is 11.5. The number of halogens is 1. The number of amides is 1. The zero-order valence-corrected chi connectivity index (χ0v) is 13.0. The average Bonchev–Trinajstić information content (AvgIpc) is 2.84. The summed E-state index contributed by atoms with van der Waals surface area (Å²) in [6, 6.07) is 4.01. The van der Waals surface area contributed by atoms with E-state index in [1.165, 1.54) is 6.42 Å². The van der Waals surface area contributed by atoms with Gasteiger partial charge in [-0.15, -0.1) is 0 Å². The second-order valence-electron chi connectivity index (χ2n) is 5.70. The van der Waals surface area contributed by atoms with Crippen molar-refractivity contribution in [3.63, 3.8) is 0 Å². The number of fused-ring (bicyclic) bond motifs is 1. The maximum Gasteiger partial charge on any atom is 0.228 e. The molecule has 1 aromatic rings. The second kappa shape index (κ2) is 6.34. The Hall–Kier alpha value is -1.10. The quantitative estimate of drug-likeness (QED) is 0.899. The number of carbonyl (C=O) groups is 1. The molecule has 0 saturated carbocycles. The van der Waals surface area contributed by atoms with E-state index < -0.39 is 0 Å². The van der Waals surface area contributed by atoms with E-state index in [-0.39, 0.29) is 18.1 Å². The number of hydrogen-bond acceptors (Lipinski definition) is 3. The zero-order valence-electron chi connectivity index (χ0n) is 12.2. The molecule has 2 aliphatic rings. The third-order valence-electron chi connectivity index (χ3n) is 4.19. The first-order valence-electron chi connectivity index (χ1n) is 7.66. The van der Waals surface area contributed by atoms with Crippen molar-refractivity contribution in [1.29, 1.82) is 0 Å². The van der Waals surface area contributed by atoms with Gasteiger partial charge in [-0.1, -0.05) is 24.6 Å². The molecule has 1 fully saturated rings. The summed E-state index contributed by atoms with van der Waals surface area (Å²) < 4.78 is 5.94. The standard InChI is InChI=1S/C16H21ClN2O2/c1-2-18-16(14-5-3-4-6-21-14)11-7-10-8-15(20)19-13(10)9-12(11)17/h7,9,14,16,18H,2-6,8H2,1H3,(H,19,20). The predicted octanol–water partition coefficient (Wildman–Crippen LogP) is 3.05. The second-order valence-corrected chi connectivity index (χ2v) is 6.10. The number of anilines is 1. The van der Waals surface area contributed by atoms with E-state index in [2.05, 4.69) is 23.6 Å². The minimum Gasteiger partial charge on any atom is -0.376 e. The van der Waals surface area contributed by atoms with Crippen molar-refractivity contribution >= 4 is 23.2 Å². The van der Waals surface area contributed by atoms with Crippen LogP contribution >= 0.6 is 11.6 Å². The van der Waals surface area contributed by atoms with Gasteiger partial charge in [-0.05, 0) is 43.0 Å². The van der Waals surface area contributed by atoms with E-state index in [0.29, 0.717) is 11.4 Å². The summed E-state index contributed by atoms with van der Waals surface area (Å²) in [6.45, 7) is 3.76. The summed E-state index contributed by atoms with van der Waals surface area (Å²) in [5.41, 5.74) is 2.91. The lowest BCUT2D eigenvalue weighted by Gasteiger charge is -2.32. The molecular formula is C16H21ClN2O2. The molecular weight excluding hydrogens is 288 g/mol. The molecule has 1 aromatic carbocycles. The highest BCUT2D eigenvalue weighted by Crippen LogP contribution is 2.36. The Labute approximate surface area is 130 Å². The Morgan fingerprint density at radius 3 is 3.05 bits per heavy atom. The SMILES string of the molecule is CCNC(c1cc2c(cc1Cl)NC(=O)C2)C1CCCCO1. The number of benzene rings is 1. The molecule has 0 bridgehead atoms. The first-order valence-corrected chi connectivity index (χ1v) is 8.04. The monoisotopic (exact) mass is 308 g/mol. The Morgan fingerprint density at radius 2 is 2.33 bits per heavy atom. The summed E-state index contributed by atoms with van der Waals surface area (Å²) in [5.74, 6) is 0.0344. The van der Waals surface area contributed by atoms with Gasteiger partial charge in [0.1, 0.15) is 0 Å². The van der Waals surface area contributed by atoms with Crippen molar-refractivity contribution in [3.05, 3.63) is 28.3 Å². The van der Waals surface area contributed by atoms with Crippen molar-refractivity contribution in [1.82, 2.24) is 5.32 Å². The summed E-state index contributed by atoms with van der Waals surface area (Å²) in [5, 5.41) is 7.03. The molecule has 0 spiro atoms. The topological polar surface area (TPSA) is 50.4 Å². The van der Waals surface area contributed by atoms with Crippen molar-refractivity contribution < 1.29 is 9.53 Å². The first kappa shape index (κ1) is 14.8. The van der Waals surface area contributed by atoms with Crippen molar-refractivity contribution in [2.24, 2.45) is 0 Å². The molecule has 4 nitrogen and oxygen atoms in total. The minimum absolute atomic E-state index is 0.0344. The van der Waals surface area contributed by atoms with Gasteiger partial charge in [0.25, 0.3) is 0 Å². The van der Waals surface area contributed by atoms with Crippen LogP contribution in [0.25, 0.3) is 0 Å². The van der Waals surface area contributed by atoms with Crippen LogP contribution in [0, 0.1) is 0 Å². The molecule has 2 aliphatic heterocycles. The minimum atomic E-state index is 0.0344. The Morgan fingerprint density at radius 1 is 1.48 bits per heavy atom. The molecule has 1 saturated heterocycles. The fourth-order valence-electron chi connectivity index (χ4n) is 3.20. The van der Waals surface area contributed by atoms with Crippen LogP contribution in [-0.2, 0) is 16.0 Å². The van der Waals surface area contributed by atoms with Crippen LogP contribution in [0.4, 0.5) is 5.69 Å². The van der Waals surface area contributed by atoms with Crippen LogP contribution in [0.3, 0.4) is 0 Å². The zero-order chi connectivity index (χ0) is 14.8. The smallest absolute Gasteiger partial charge is 0.228 e. The van der Waals surface area contributed by atoms with Crippen LogP contribution in [0.1, 0.15) is 43.4 Å². The molecule has 2 N–H and O–H groups in total. The van der Waals surface area contributed by atoms with Gasteiger partial charge in [-0.3, -0.25) is 4.79 Å². The van der Waals surface area contributed by atoms with Crippen LogP contribution in [0.5, 0.6) is 0 Å². The van der Waals surface area contributed by atoms with Crippen LogP contribution in [0.2, 0.25) is 5.02 Å². The number of ether oxygens (including phenoxy) is 1. The van der Waals surface area contributed by atoms with Gasteiger partial charge in [-0.25, -0.2) is 0 Å². The van der Waals surface area contributed by atoms with E-state index in [9.17, 15) is 4.79 Å². The Kier molecular flexibility index (Phi) is 4.48. The number of nitrogens with one attached hydrogen (secondary N) is 2. The summed E-state index contributed by atoms with van der Waals surface area (Å²) >= 11 is 6.46. The summed E-state index contributed by atoms with van der Waals surface area (Å²) in [6.07, 6.45) is 3.95. The van der Waals surface area contributed by atoms with Gasteiger partial charge in [0.2, 0.25) is 5.91 Å². The molecule has 2 unspecified atom stereocenters. The third-order valence-corrected chi connectivity index (χ3v) is 4.52. The van der Waals surface area contributed by atoms with Gasteiger partial charge in [0, 0.05) is 17.3 Å². The highest BCUT2D eigenvalue weighted by molar-refractivity contribution is 6.32. The van der Waals surface area contributed by atoms with Gasteiger partial charge in [0.15, 0.2) is 0 Å². The van der Waals surface area contributed by atoms with Crippen LogP contribution in [0.15, 0.2) is 12.1 Å². The highest BCUT2D eigenvalue weighted by atomic mass is 35.5. The van der Waals surface area contributed by atoms with Crippen LogP contribution in [-0.4, -0.2) is 25.2 Å². The normalized spacial score (nSPS) is 22.8. The lowest BCUT2D eigenvalue weighted by atomic mass is 9.94. The molecule has 0 aliphatic carbocycles. The summed E-state index contributed by atoms with van der Waals surface area (Å²) in [7, 11) is 0. The largest absolute Gasteiger partial charge is 0.376 e. The molecule has 3 rings (SSSR count). The molecule has 114 valence electrons. The molecule has 2 atom stereocenters. The first-order chi connectivity index (χ1) is 10.2. The van der Waals surface area contributed by atoms with E-state index in [1.807, 2.05) is 6.07 Å². The Balaban J connectivity index is 1.92. The van der Waals surface area contributed by atoms with E-state index in [1.54, 1.807) is 0 Å². The van der Waals surface area contributed by atoms with Crippen molar-refractivity contribution in [2.45, 2.75) is 44.8 Å². The Bertz CT molecular complexity index is 541. The van der Waals surface area contributed by atoms with E-state index in [0.717, 1.165) is 42.8 Å². The predicted molar refractivity (Wildman–Crippen MR) is 83.8 cm³/mol. The molecule has 2 heterocycles. The van der Waals surface area contributed by atoms with Crippen LogP contribution < -0.4 is 10.6 Å². The number of likely N-dealkylation sites (N-methyl/N-ethyl adjacent to an activating group) is 1. The van der Waals surface area contributed by atoms with E-state index in [4.69, 9.17) is 16.3 Å². The highest BCUT2D eigenvalue weighted by Gasteiger charge is 2.29. The number of rotatable bonds is 4. The number of carbonyl (C=O) groups excluding carboxylic acids is 1. The van der Waals surface area contributed by atoms with Gasteiger partial charge >= 0.3 is 0 Å². The molecule has 0 radical (unpaired) electrons.